The van der Waals surface area contributed by atoms with Crippen LogP contribution in [0, 0.1) is 13.8 Å². The van der Waals surface area contributed by atoms with E-state index in [0.717, 1.165) is 32.1 Å². The fraction of sp³-hybridized carbons (Fsp3) is 0.387. The zero-order valence-corrected chi connectivity index (χ0v) is 26.8. The second-order valence-electron chi connectivity index (χ2n) is 10.7. The fourth-order valence-corrected chi connectivity index (χ4v) is 6.77. The number of ether oxygens (including phenoxy) is 2. The molecule has 0 saturated carbocycles. The molecule has 1 aliphatic rings. The number of benzene rings is 3. The Balaban J connectivity index is 1.49. The van der Waals surface area contributed by atoms with Gasteiger partial charge in [0.1, 0.15) is 17.0 Å². The van der Waals surface area contributed by atoms with Gasteiger partial charge in [0.25, 0.3) is 0 Å². The molecule has 240 valence electrons. The van der Waals surface area contributed by atoms with E-state index < -0.39 is 16.2 Å². The van der Waals surface area contributed by atoms with Crippen LogP contribution >= 0.6 is 11.6 Å². The first-order valence-electron chi connectivity index (χ1n) is 14.5. The third kappa shape index (κ3) is 6.92. The lowest BCUT2D eigenvalue weighted by molar-refractivity contribution is -0.143. The molecule has 0 aliphatic carbocycles. The minimum atomic E-state index is -4.15. The third-order valence-electron chi connectivity index (χ3n) is 7.86. The number of rotatable bonds is 12. The minimum Gasteiger partial charge on any atom is -0.506 e. The van der Waals surface area contributed by atoms with Crippen molar-refractivity contribution in [2.75, 3.05) is 26.4 Å². The summed E-state index contributed by atoms with van der Waals surface area (Å²) in [5.41, 5.74) is 5.93. The maximum Gasteiger partial charge on any atom is 0.385 e. The summed E-state index contributed by atoms with van der Waals surface area (Å²) in [6.07, 6.45) is 0.0548. The van der Waals surface area contributed by atoms with Gasteiger partial charge in [-0.05, 0) is 66.8 Å². The quantitative estimate of drug-likeness (QED) is 0.168. The lowest BCUT2D eigenvalue weighted by Crippen LogP contribution is -2.37. The summed E-state index contributed by atoms with van der Waals surface area (Å²) in [6.45, 7) is 6.70. The fourth-order valence-electron chi connectivity index (χ4n) is 5.48. The van der Waals surface area contributed by atoms with E-state index in [2.05, 4.69) is 10.3 Å². The molecule has 1 aliphatic heterocycles. The number of phenolic OH excluding ortho intramolecular Hbond substituents is 1. The Bertz CT molecular complexity index is 1830. The molecule has 0 saturated heterocycles. The Morgan fingerprint density at radius 3 is 2.71 bits per heavy atom. The number of aliphatic hydroxyl groups excluding tert-OH is 1. The van der Waals surface area contributed by atoms with Crippen LogP contribution in [0.5, 0.6) is 11.5 Å². The van der Waals surface area contributed by atoms with Crippen molar-refractivity contribution in [2.45, 2.75) is 52.7 Å². The average molecular weight is 659 g/mol. The van der Waals surface area contributed by atoms with E-state index in [9.17, 15) is 18.3 Å². The van der Waals surface area contributed by atoms with Crippen LogP contribution in [0.3, 0.4) is 0 Å². The highest BCUT2D eigenvalue weighted by Crippen LogP contribution is 2.40. The first-order chi connectivity index (χ1) is 21.5. The zero-order valence-electron chi connectivity index (χ0n) is 25.2. The first-order valence-corrected chi connectivity index (χ1v) is 16.2. The number of fused-ring (bicyclic) bond motifs is 2. The number of carbonyl (C=O) groups excluding carboxylic acids is 1. The smallest absolute Gasteiger partial charge is 0.385 e. The number of aliphatic hydroxyl groups is 1. The van der Waals surface area contributed by atoms with Gasteiger partial charge in [0.2, 0.25) is 0 Å². The number of carbonyl (C=O) groups is 1. The molecule has 1 aromatic heterocycles. The molecule has 1 atom stereocenters. The molecular weight excluding hydrogens is 624 g/mol. The van der Waals surface area contributed by atoms with E-state index in [1.807, 2.05) is 44.2 Å². The van der Waals surface area contributed by atoms with Crippen LogP contribution in [0.1, 0.15) is 52.6 Å². The van der Waals surface area contributed by atoms with E-state index in [-0.39, 0.29) is 61.8 Å². The van der Waals surface area contributed by atoms with Gasteiger partial charge in [-0.15, -0.1) is 5.10 Å². The maximum atomic E-state index is 13.1. The highest BCUT2D eigenvalue weighted by atomic mass is 35.5. The molecule has 0 fully saturated rings. The standard InChI is InChI=1S/C31H35ClN4O8S/c1-4-43-29(39)16-24(23-7-8-26-31(20(23)3)33-34-36(26)11-13-42-14-12-37)21-6-5-19(2)22(15-21)17-35-18-25-28(44-45(35,40)41)10-9-27(38)30(25)32/h5-10,15,24,37-38H,4,11-14,16-18H2,1-3H3. The number of esters is 1. The van der Waals surface area contributed by atoms with E-state index in [1.165, 1.54) is 12.1 Å². The molecule has 2 N–H and O–H groups in total. The van der Waals surface area contributed by atoms with Gasteiger partial charge >= 0.3 is 16.3 Å². The molecule has 2 heterocycles. The second-order valence-corrected chi connectivity index (χ2v) is 12.6. The summed E-state index contributed by atoms with van der Waals surface area (Å²) >= 11 is 6.29. The summed E-state index contributed by atoms with van der Waals surface area (Å²) in [6, 6.07) is 12.2. The Labute approximate surface area is 266 Å². The van der Waals surface area contributed by atoms with Gasteiger partial charge in [-0.3, -0.25) is 4.79 Å². The number of aryl methyl sites for hydroxylation is 2. The van der Waals surface area contributed by atoms with Crippen LogP contribution in [-0.4, -0.2) is 70.3 Å². The lowest BCUT2D eigenvalue weighted by atomic mass is 9.84. The summed E-state index contributed by atoms with van der Waals surface area (Å²) in [4.78, 5) is 12.9. The number of hydrogen-bond acceptors (Lipinski definition) is 10. The first kappa shape index (κ1) is 32.6. The number of aromatic hydroxyl groups is 1. The monoisotopic (exact) mass is 658 g/mol. The molecular formula is C31H35ClN4O8S. The maximum absolute atomic E-state index is 13.1. The summed E-state index contributed by atoms with van der Waals surface area (Å²) < 4.78 is 45.1. The molecule has 12 nitrogen and oxygen atoms in total. The van der Waals surface area contributed by atoms with Gasteiger partial charge in [0, 0.05) is 24.6 Å². The largest absolute Gasteiger partial charge is 0.506 e. The molecule has 3 aromatic carbocycles. The Morgan fingerprint density at radius 1 is 1.16 bits per heavy atom. The molecule has 1 unspecified atom stereocenters. The van der Waals surface area contributed by atoms with E-state index in [0.29, 0.717) is 29.8 Å². The van der Waals surface area contributed by atoms with E-state index >= 15 is 0 Å². The zero-order chi connectivity index (χ0) is 32.3. The van der Waals surface area contributed by atoms with Gasteiger partial charge in [-0.1, -0.05) is 41.1 Å². The lowest BCUT2D eigenvalue weighted by Gasteiger charge is -2.29. The predicted octanol–water partition coefficient (Wildman–Crippen LogP) is 4.14. The number of halogens is 1. The topological polar surface area (TPSA) is 153 Å². The molecule has 45 heavy (non-hydrogen) atoms. The van der Waals surface area contributed by atoms with Crippen molar-refractivity contribution in [1.29, 1.82) is 0 Å². The molecule has 14 heteroatoms. The van der Waals surface area contributed by atoms with Crippen molar-refractivity contribution in [3.8, 4) is 11.5 Å². The van der Waals surface area contributed by atoms with Gasteiger partial charge in [-0.2, -0.15) is 12.7 Å². The Hall–Kier alpha value is -3.75. The predicted molar refractivity (Wildman–Crippen MR) is 166 cm³/mol. The van der Waals surface area contributed by atoms with E-state index in [1.54, 1.807) is 11.6 Å². The summed E-state index contributed by atoms with van der Waals surface area (Å²) in [5.74, 6) is -0.880. The van der Waals surface area contributed by atoms with Crippen molar-refractivity contribution in [3.63, 3.8) is 0 Å². The van der Waals surface area contributed by atoms with Crippen LogP contribution in [0.15, 0.2) is 42.5 Å². The number of nitrogens with zero attached hydrogens (tertiary/aromatic N) is 4. The average Bonchev–Trinajstić information content (AvgIpc) is 3.42. The normalized spacial score (nSPS) is 15.0. The van der Waals surface area contributed by atoms with Gasteiger partial charge < -0.3 is 23.9 Å². The van der Waals surface area contributed by atoms with Crippen molar-refractivity contribution in [2.24, 2.45) is 0 Å². The van der Waals surface area contributed by atoms with Crippen LogP contribution in [-0.2, 0) is 44.2 Å². The van der Waals surface area contributed by atoms with Crippen LogP contribution in [0.4, 0.5) is 0 Å². The second kappa shape index (κ2) is 13.7. The molecule has 0 bridgehead atoms. The molecule has 5 rings (SSSR count). The number of aromatic nitrogens is 3. The highest BCUT2D eigenvalue weighted by Gasteiger charge is 2.34. The van der Waals surface area contributed by atoms with Crippen molar-refractivity contribution in [1.82, 2.24) is 19.3 Å². The molecule has 4 aromatic rings. The van der Waals surface area contributed by atoms with Crippen molar-refractivity contribution in [3.05, 3.63) is 80.9 Å². The molecule has 0 radical (unpaired) electrons. The number of hydrogen-bond donors (Lipinski definition) is 2. The highest BCUT2D eigenvalue weighted by molar-refractivity contribution is 7.84. The molecule has 0 spiro atoms. The number of phenols is 1. The Morgan fingerprint density at radius 2 is 1.96 bits per heavy atom. The summed E-state index contributed by atoms with van der Waals surface area (Å²) in [7, 11) is -4.15. The Kier molecular flexibility index (Phi) is 9.94. The van der Waals surface area contributed by atoms with E-state index in [4.69, 9.17) is 30.4 Å². The van der Waals surface area contributed by atoms with Crippen LogP contribution in [0.25, 0.3) is 11.0 Å². The van der Waals surface area contributed by atoms with Crippen molar-refractivity contribution >= 4 is 38.9 Å². The minimum absolute atomic E-state index is 0.0236. The third-order valence-corrected chi connectivity index (χ3v) is 9.57. The van der Waals surface area contributed by atoms with Gasteiger partial charge in [0.05, 0.1) is 49.9 Å². The van der Waals surface area contributed by atoms with Crippen LogP contribution in [0.2, 0.25) is 5.02 Å². The molecule has 0 amide bonds. The summed E-state index contributed by atoms with van der Waals surface area (Å²) in [5, 5.41) is 27.7. The van der Waals surface area contributed by atoms with Gasteiger partial charge in [0.15, 0.2) is 0 Å². The van der Waals surface area contributed by atoms with Gasteiger partial charge in [-0.25, -0.2) is 4.68 Å². The SMILES string of the molecule is CCOC(=O)CC(c1ccc(C)c(CN2Cc3c(ccc(O)c3Cl)OS2(=O)=O)c1)c1ccc2c(nnn2CCOCCO)c1C. The van der Waals surface area contributed by atoms with Crippen molar-refractivity contribution < 1.29 is 37.1 Å². The van der Waals surface area contributed by atoms with Crippen LogP contribution < -0.4 is 4.18 Å².